The number of nitrogens with one attached hydrogen (secondary N) is 1. The van der Waals surface area contributed by atoms with E-state index in [1.165, 1.54) is 0 Å². The Morgan fingerprint density at radius 1 is 1.45 bits per heavy atom. The highest BCUT2D eigenvalue weighted by Gasteiger charge is 2.29. The fourth-order valence-corrected chi connectivity index (χ4v) is 0.764. The van der Waals surface area contributed by atoms with Gasteiger partial charge in [-0.25, -0.2) is 8.42 Å². The lowest BCUT2D eigenvalue weighted by Crippen LogP contribution is -2.41. The monoisotopic (exact) mass is 179 g/mol. The molecule has 0 rings (SSSR count). The van der Waals surface area contributed by atoms with E-state index in [1.807, 2.05) is 0 Å². The van der Waals surface area contributed by atoms with Gasteiger partial charge in [0.2, 0.25) is 6.41 Å². The van der Waals surface area contributed by atoms with E-state index in [0.717, 1.165) is 6.26 Å². The molecule has 0 aromatic rings. The van der Waals surface area contributed by atoms with Crippen LogP contribution in [0.25, 0.3) is 0 Å². The standard InChI is InChI=1S/C6H13NO3S/c1-6(2,4-7-5-8)11(3,9)10/h5H,4H2,1-3H3,(H,7,8). The molecule has 0 saturated heterocycles. The zero-order valence-electron chi connectivity index (χ0n) is 6.92. The molecule has 0 aliphatic heterocycles. The van der Waals surface area contributed by atoms with Crippen molar-refractivity contribution < 1.29 is 13.2 Å². The molecular formula is C6H13NO3S. The first-order chi connectivity index (χ1) is 4.81. The van der Waals surface area contributed by atoms with Gasteiger partial charge in [0.1, 0.15) is 0 Å². The summed E-state index contributed by atoms with van der Waals surface area (Å²) in [6.45, 7) is 3.28. The van der Waals surface area contributed by atoms with E-state index in [0.29, 0.717) is 6.41 Å². The lowest BCUT2D eigenvalue weighted by molar-refractivity contribution is -0.109. The van der Waals surface area contributed by atoms with Crippen LogP contribution in [0.15, 0.2) is 0 Å². The number of rotatable bonds is 4. The van der Waals surface area contributed by atoms with Gasteiger partial charge in [-0.2, -0.15) is 0 Å². The Hall–Kier alpha value is -0.580. The molecule has 0 fully saturated rings. The minimum atomic E-state index is -3.10. The molecule has 1 amide bonds. The van der Waals surface area contributed by atoms with Gasteiger partial charge in [0, 0.05) is 12.8 Å². The molecule has 11 heavy (non-hydrogen) atoms. The van der Waals surface area contributed by atoms with Gasteiger partial charge < -0.3 is 5.32 Å². The smallest absolute Gasteiger partial charge is 0.207 e. The minimum absolute atomic E-state index is 0.148. The molecule has 0 unspecified atom stereocenters. The van der Waals surface area contributed by atoms with Crippen LogP contribution in [0.4, 0.5) is 0 Å². The summed E-state index contributed by atoms with van der Waals surface area (Å²) in [6.07, 6.45) is 1.65. The number of carbonyl (C=O) groups excluding carboxylic acids is 1. The summed E-state index contributed by atoms with van der Waals surface area (Å²) in [5.41, 5.74) is 0. The Morgan fingerprint density at radius 3 is 2.18 bits per heavy atom. The van der Waals surface area contributed by atoms with E-state index in [4.69, 9.17) is 0 Å². The van der Waals surface area contributed by atoms with E-state index in [-0.39, 0.29) is 6.54 Å². The van der Waals surface area contributed by atoms with E-state index >= 15 is 0 Å². The second kappa shape index (κ2) is 3.21. The molecule has 0 radical (unpaired) electrons. The summed E-state index contributed by atoms with van der Waals surface area (Å²) in [5.74, 6) is 0. The second-order valence-corrected chi connectivity index (χ2v) is 5.68. The lowest BCUT2D eigenvalue weighted by Gasteiger charge is -2.21. The largest absolute Gasteiger partial charge is 0.357 e. The number of sulfone groups is 1. The van der Waals surface area contributed by atoms with E-state index in [2.05, 4.69) is 5.32 Å². The van der Waals surface area contributed by atoms with E-state index in [9.17, 15) is 13.2 Å². The van der Waals surface area contributed by atoms with Gasteiger partial charge in [-0.05, 0) is 13.8 Å². The van der Waals surface area contributed by atoms with Crippen molar-refractivity contribution in [2.75, 3.05) is 12.8 Å². The van der Waals surface area contributed by atoms with Gasteiger partial charge >= 0.3 is 0 Å². The SMILES string of the molecule is CC(C)(CNC=O)S(C)(=O)=O. The molecule has 0 saturated carbocycles. The van der Waals surface area contributed by atoms with Crippen LogP contribution in [-0.2, 0) is 14.6 Å². The third-order valence-electron chi connectivity index (χ3n) is 1.61. The van der Waals surface area contributed by atoms with Crippen molar-refractivity contribution in [1.82, 2.24) is 5.32 Å². The second-order valence-electron chi connectivity index (χ2n) is 3.03. The average molecular weight is 179 g/mol. The molecule has 0 atom stereocenters. The molecule has 0 spiro atoms. The maximum atomic E-state index is 11.0. The van der Waals surface area contributed by atoms with Crippen LogP contribution in [0.5, 0.6) is 0 Å². The third-order valence-corrected chi connectivity index (χ3v) is 3.77. The predicted octanol–water partition coefficient (Wildman–Crippen LogP) is -0.444. The summed E-state index contributed by atoms with van der Waals surface area (Å²) in [6, 6.07) is 0. The summed E-state index contributed by atoms with van der Waals surface area (Å²) in [4.78, 5) is 9.87. The maximum Gasteiger partial charge on any atom is 0.207 e. The molecule has 0 aliphatic carbocycles. The molecule has 0 aromatic carbocycles. The number of hydrogen-bond donors (Lipinski definition) is 1. The molecular weight excluding hydrogens is 166 g/mol. The van der Waals surface area contributed by atoms with E-state index < -0.39 is 14.6 Å². The van der Waals surface area contributed by atoms with Gasteiger partial charge in [0.25, 0.3) is 0 Å². The van der Waals surface area contributed by atoms with Crippen LogP contribution in [0.3, 0.4) is 0 Å². The zero-order valence-corrected chi connectivity index (χ0v) is 7.73. The van der Waals surface area contributed by atoms with Crippen LogP contribution in [0.2, 0.25) is 0 Å². The fraction of sp³-hybridized carbons (Fsp3) is 0.833. The van der Waals surface area contributed by atoms with Crippen molar-refractivity contribution in [2.45, 2.75) is 18.6 Å². The summed E-state index contributed by atoms with van der Waals surface area (Å²) >= 11 is 0. The molecule has 5 heteroatoms. The molecule has 0 heterocycles. The molecule has 0 aromatic heterocycles. The van der Waals surface area contributed by atoms with Crippen molar-refractivity contribution >= 4 is 16.2 Å². The van der Waals surface area contributed by atoms with Crippen molar-refractivity contribution in [3.8, 4) is 0 Å². The molecule has 0 aliphatic rings. The topological polar surface area (TPSA) is 63.2 Å². The third kappa shape index (κ3) is 2.88. The normalized spacial score (nSPS) is 12.6. The fourth-order valence-electron chi connectivity index (χ4n) is 0.419. The highest BCUT2D eigenvalue weighted by Crippen LogP contribution is 2.12. The Morgan fingerprint density at radius 2 is 1.91 bits per heavy atom. The van der Waals surface area contributed by atoms with Gasteiger partial charge in [0.05, 0.1) is 4.75 Å². The first-order valence-electron chi connectivity index (χ1n) is 3.18. The molecule has 66 valence electrons. The summed E-state index contributed by atoms with van der Waals surface area (Å²) < 4.78 is 21.1. The number of carbonyl (C=O) groups is 1. The lowest BCUT2D eigenvalue weighted by atomic mass is 10.2. The van der Waals surface area contributed by atoms with Crippen molar-refractivity contribution in [2.24, 2.45) is 0 Å². The molecule has 0 bridgehead atoms. The Bertz CT molecular complexity index is 230. The minimum Gasteiger partial charge on any atom is -0.357 e. The summed E-state index contributed by atoms with van der Waals surface area (Å²) in [5, 5.41) is 2.34. The number of amides is 1. The average Bonchev–Trinajstić information content (AvgIpc) is 1.81. The molecule has 4 nitrogen and oxygen atoms in total. The zero-order chi connectivity index (χ0) is 9.12. The van der Waals surface area contributed by atoms with Crippen LogP contribution < -0.4 is 5.32 Å². The van der Waals surface area contributed by atoms with Crippen LogP contribution in [-0.4, -0.2) is 32.4 Å². The van der Waals surface area contributed by atoms with Gasteiger partial charge in [0.15, 0.2) is 9.84 Å². The first kappa shape index (κ1) is 10.4. The maximum absolute atomic E-state index is 11.0. The van der Waals surface area contributed by atoms with Gasteiger partial charge in [-0.3, -0.25) is 4.79 Å². The predicted molar refractivity (Wildman–Crippen MR) is 43.0 cm³/mol. The first-order valence-corrected chi connectivity index (χ1v) is 5.07. The van der Waals surface area contributed by atoms with Crippen LogP contribution in [0, 0.1) is 0 Å². The van der Waals surface area contributed by atoms with E-state index in [1.54, 1.807) is 13.8 Å². The van der Waals surface area contributed by atoms with Crippen LogP contribution >= 0.6 is 0 Å². The van der Waals surface area contributed by atoms with Crippen molar-refractivity contribution in [3.63, 3.8) is 0 Å². The highest BCUT2D eigenvalue weighted by molar-refractivity contribution is 7.92. The van der Waals surface area contributed by atoms with Crippen LogP contribution in [0.1, 0.15) is 13.8 Å². The summed E-state index contributed by atoms with van der Waals surface area (Å²) in [7, 11) is -3.10. The highest BCUT2D eigenvalue weighted by atomic mass is 32.2. The Balaban J connectivity index is 4.35. The van der Waals surface area contributed by atoms with Gasteiger partial charge in [-0.15, -0.1) is 0 Å². The van der Waals surface area contributed by atoms with Crippen molar-refractivity contribution in [3.05, 3.63) is 0 Å². The molecule has 1 N–H and O–H groups in total. The number of hydrogen-bond acceptors (Lipinski definition) is 3. The van der Waals surface area contributed by atoms with Crippen molar-refractivity contribution in [1.29, 1.82) is 0 Å². The Labute approximate surface area is 66.9 Å². The quantitative estimate of drug-likeness (QED) is 0.595. The Kier molecular flexibility index (Phi) is 3.04. The van der Waals surface area contributed by atoms with Gasteiger partial charge in [-0.1, -0.05) is 0 Å².